The number of rotatable bonds is 1. The number of aryl methyl sites for hydroxylation is 1. The number of aromatic nitrogens is 2. The van der Waals surface area contributed by atoms with Gasteiger partial charge in [-0.1, -0.05) is 0 Å². The summed E-state index contributed by atoms with van der Waals surface area (Å²) >= 11 is 0. The molecule has 0 amide bonds. The summed E-state index contributed by atoms with van der Waals surface area (Å²) in [5.41, 5.74) is 0.424. The van der Waals surface area contributed by atoms with E-state index in [9.17, 15) is 8.42 Å². The molecule has 1 aromatic heterocycles. The first-order valence-corrected chi connectivity index (χ1v) is 4.32. The first-order chi connectivity index (χ1) is 4.93. The van der Waals surface area contributed by atoms with E-state index in [-0.39, 0.29) is 5.03 Å². The highest BCUT2D eigenvalue weighted by atomic mass is 32.2. The van der Waals surface area contributed by atoms with Gasteiger partial charge in [0.25, 0.3) is 0 Å². The van der Waals surface area contributed by atoms with Crippen LogP contribution in [0.4, 0.5) is 0 Å². The van der Waals surface area contributed by atoms with Crippen molar-refractivity contribution in [2.75, 3.05) is 0 Å². The molecule has 6 heteroatoms. The monoisotopic (exact) mass is 176 g/mol. The van der Waals surface area contributed by atoms with Crippen molar-refractivity contribution in [3.8, 4) is 0 Å². The minimum atomic E-state index is -4.14. The largest absolute Gasteiger partial charge is 0.337 e. The lowest BCUT2D eigenvalue weighted by molar-refractivity contribution is 0.479. The maximum atomic E-state index is 10.5. The van der Waals surface area contributed by atoms with Crippen molar-refractivity contribution in [2.24, 2.45) is 7.05 Å². The second-order valence-electron chi connectivity index (χ2n) is 2.22. The van der Waals surface area contributed by atoms with E-state index in [1.54, 1.807) is 14.0 Å². The standard InChI is InChI=1S/C5H8N2O3S/c1-4-5(11(8,9)10)6-3-7(4)2/h3H,1-2H3,(H,8,9,10). The van der Waals surface area contributed by atoms with Crippen LogP contribution in [0.3, 0.4) is 0 Å². The van der Waals surface area contributed by atoms with Gasteiger partial charge in [-0.25, -0.2) is 4.98 Å². The van der Waals surface area contributed by atoms with E-state index in [2.05, 4.69) is 4.98 Å². The summed E-state index contributed by atoms with van der Waals surface area (Å²) in [5, 5.41) is -0.278. The number of hydrogen-bond donors (Lipinski definition) is 1. The minimum absolute atomic E-state index is 0.278. The van der Waals surface area contributed by atoms with Gasteiger partial charge in [0, 0.05) is 7.05 Å². The number of nitrogens with zero attached hydrogens (tertiary/aromatic N) is 2. The van der Waals surface area contributed by atoms with Crippen LogP contribution in [0.25, 0.3) is 0 Å². The molecule has 0 atom stereocenters. The lowest BCUT2D eigenvalue weighted by Crippen LogP contribution is -2.01. The average Bonchev–Trinajstić information content (AvgIpc) is 2.11. The van der Waals surface area contributed by atoms with Crippen molar-refractivity contribution < 1.29 is 13.0 Å². The quantitative estimate of drug-likeness (QED) is 0.610. The van der Waals surface area contributed by atoms with Crippen LogP contribution in [0.15, 0.2) is 11.4 Å². The van der Waals surface area contributed by atoms with Gasteiger partial charge in [-0.15, -0.1) is 0 Å². The van der Waals surface area contributed by atoms with Crippen LogP contribution in [0, 0.1) is 6.92 Å². The van der Waals surface area contributed by atoms with Gasteiger partial charge in [0.1, 0.15) is 0 Å². The maximum absolute atomic E-state index is 10.5. The van der Waals surface area contributed by atoms with Gasteiger partial charge in [-0.2, -0.15) is 8.42 Å². The van der Waals surface area contributed by atoms with Gasteiger partial charge in [0.15, 0.2) is 0 Å². The predicted molar refractivity (Wildman–Crippen MR) is 37.8 cm³/mol. The van der Waals surface area contributed by atoms with Crippen LogP contribution >= 0.6 is 0 Å². The van der Waals surface area contributed by atoms with Crippen molar-refractivity contribution in [3.05, 3.63) is 12.0 Å². The fraction of sp³-hybridized carbons (Fsp3) is 0.400. The SMILES string of the molecule is Cc1c(S(=O)(=O)O)ncn1C. The molecule has 0 spiro atoms. The summed E-state index contributed by atoms with van der Waals surface area (Å²) in [4.78, 5) is 3.51. The summed E-state index contributed by atoms with van der Waals surface area (Å²) in [6.07, 6.45) is 1.33. The molecule has 0 aromatic carbocycles. The Hall–Kier alpha value is -0.880. The molecule has 62 valence electrons. The highest BCUT2D eigenvalue weighted by molar-refractivity contribution is 7.85. The molecular weight excluding hydrogens is 168 g/mol. The third kappa shape index (κ3) is 1.41. The predicted octanol–water partition coefficient (Wildman–Crippen LogP) is -0.0248. The van der Waals surface area contributed by atoms with E-state index in [1.165, 1.54) is 10.9 Å². The van der Waals surface area contributed by atoms with Gasteiger partial charge in [-0.3, -0.25) is 4.55 Å². The van der Waals surface area contributed by atoms with Gasteiger partial charge in [-0.05, 0) is 6.92 Å². The molecule has 0 bridgehead atoms. The Morgan fingerprint density at radius 1 is 1.64 bits per heavy atom. The summed E-state index contributed by atoms with van der Waals surface area (Å²) in [6, 6.07) is 0. The topological polar surface area (TPSA) is 72.2 Å². The van der Waals surface area contributed by atoms with Crippen LogP contribution in [-0.4, -0.2) is 22.5 Å². The van der Waals surface area contributed by atoms with E-state index in [0.717, 1.165) is 0 Å². The third-order valence-electron chi connectivity index (χ3n) is 1.43. The Bertz CT molecular complexity index is 365. The van der Waals surface area contributed by atoms with E-state index in [1.807, 2.05) is 0 Å². The minimum Gasteiger partial charge on any atom is -0.337 e. The van der Waals surface area contributed by atoms with Gasteiger partial charge >= 0.3 is 10.1 Å². The van der Waals surface area contributed by atoms with E-state index in [4.69, 9.17) is 4.55 Å². The first-order valence-electron chi connectivity index (χ1n) is 2.88. The molecule has 1 heterocycles. The molecule has 0 fully saturated rings. The Kier molecular flexibility index (Phi) is 1.73. The molecule has 0 radical (unpaired) electrons. The van der Waals surface area contributed by atoms with Gasteiger partial charge in [0.05, 0.1) is 12.0 Å². The fourth-order valence-corrected chi connectivity index (χ4v) is 1.42. The van der Waals surface area contributed by atoms with Gasteiger partial charge in [0.2, 0.25) is 5.03 Å². The first kappa shape index (κ1) is 8.22. The van der Waals surface area contributed by atoms with Crippen molar-refractivity contribution in [2.45, 2.75) is 11.9 Å². The average molecular weight is 176 g/mol. The third-order valence-corrected chi connectivity index (χ3v) is 2.32. The second-order valence-corrected chi connectivity index (χ2v) is 3.56. The smallest absolute Gasteiger partial charge is 0.313 e. The Balaban J connectivity index is 3.38. The zero-order chi connectivity index (χ0) is 8.65. The molecule has 1 N–H and O–H groups in total. The Labute approximate surface area is 64.4 Å². The van der Waals surface area contributed by atoms with Crippen molar-refractivity contribution in [1.82, 2.24) is 9.55 Å². The van der Waals surface area contributed by atoms with Crippen molar-refractivity contribution >= 4 is 10.1 Å². The van der Waals surface area contributed by atoms with Gasteiger partial charge < -0.3 is 4.57 Å². The molecule has 0 aliphatic heterocycles. The van der Waals surface area contributed by atoms with E-state index >= 15 is 0 Å². The number of imidazole rings is 1. The van der Waals surface area contributed by atoms with Crippen LogP contribution in [0.2, 0.25) is 0 Å². The molecule has 1 rings (SSSR count). The van der Waals surface area contributed by atoms with Crippen molar-refractivity contribution in [3.63, 3.8) is 0 Å². The Morgan fingerprint density at radius 2 is 2.18 bits per heavy atom. The molecular formula is C5H8N2O3S. The summed E-state index contributed by atoms with van der Waals surface area (Å²) in [7, 11) is -2.49. The second kappa shape index (κ2) is 2.31. The summed E-state index contributed by atoms with van der Waals surface area (Å²) in [5.74, 6) is 0. The van der Waals surface area contributed by atoms with Crippen LogP contribution in [-0.2, 0) is 17.2 Å². The van der Waals surface area contributed by atoms with Crippen LogP contribution in [0.5, 0.6) is 0 Å². The molecule has 5 nitrogen and oxygen atoms in total. The molecule has 0 aliphatic rings. The van der Waals surface area contributed by atoms with Crippen LogP contribution < -0.4 is 0 Å². The highest BCUT2D eigenvalue weighted by Gasteiger charge is 2.16. The lowest BCUT2D eigenvalue weighted by atomic mass is 10.5. The zero-order valence-electron chi connectivity index (χ0n) is 6.14. The number of hydrogen-bond acceptors (Lipinski definition) is 3. The zero-order valence-corrected chi connectivity index (χ0v) is 6.96. The molecule has 0 unspecified atom stereocenters. The summed E-state index contributed by atoms with van der Waals surface area (Å²) < 4.78 is 31.2. The van der Waals surface area contributed by atoms with Crippen molar-refractivity contribution in [1.29, 1.82) is 0 Å². The highest BCUT2D eigenvalue weighted by Crippen LogP contribution is 2.09. The van der Waals surface area contributed by atoms with E-state index < -0.39 is 10.1 Å². The lowest BCUT2D eigenvalue weighted by Gasteiger charge is -1.94. The van der Waals surface area contributed by atoms with Crippen LogP contribution in [0.1, 0.15) is 5.69 Å². The molecule has 11 heavy (non-hydrogen) atoms. The molecule has 0 aliphatic carbocycles. The molecule has 0 saturated carbocycles. The summed E-state index contributed by atoms with van der Waals surface area (Å²) in [6.45, 7) is 1.57. The normalized spacial score (nSPS) is 11.9. The van der Waals surface area contributed by atoms with E-state index in [0.29, 0.717) is 5.69 Å². The fourth-order valence-electron chi connectivity index (χ4n) is 0.723. The molecule has 1 aromatic rings. The molecule has 0 saturated heterocycles. The maximum Gasteiger partial charge on any atom is 0.313 e. The Morgan fingerprint density at radius 3 is 2.36 bits per heavy atom.